The van der Waals surface area contributed by atoms with E-state index in [9.17, 15) is 0 Å². The summed E-state index contributed by atoms with van der Waals surface area (Å²) in [6, 6.07) is 15.6. The van der Waals surface area contributed by atoms with Crippen LogP contribution in [0, 0.1) is 0 Å². The van der Waals surface area contributed by atoms with Crippen LogP contribution in [-0.2, 0) is 0 Å². The molecule has 18 heavy (non-hydrogen) atoms. The standard InChI is InChI=1S/C17H21N/c1-13(2)18-12-14(3)10-15-8-9-16-6-4-5-7-17(16)11-15/h4-11,13,18H,12H2,1-3H3. The van der Waals surface area contributed by atoms with E-state index in [1.165, 1.54) is 21.9 Å². The summed E-state index contributed by atoms with van der Waals surface area (Å²) in [6.45, 7) is 7.46. The van der Waals surface area contributed by atoms with Crippen LogP contribution in [0.1, 0.15) is 26.3 Å². The van der Waals surface area contributed by atoms with Gasteiger partial charge in [0.1, 0.15) is 0 Å². The molecule has 0 amide bonds. The molecule has 0 spiro atoms. The van der Waals surface area contributed by atoms with Crippen molar-refractivity contribution in [2.24, 2.45) is 0 Å². The van der Waals surface area contributed by atoms with Crippen molar-refractivity contribution in [2.75, 3.05) is 6.54 Å². The lowest BCUT2D eigenvalue weighted by Gasteiger charge is -2.08. The molecule has 0 fully saturated rings. The molecule has 1 N–H and O–H groups in total. The molecule has 0 aromatic heterocycles. The summed E-state index contributed by atoms with van der Waals surface area (Å²) in [5.41, 5.74) is 2.63. The molecular weight excluding hydrogens is 218 g/mol. The molecule has 1 nitrogen and oxygen atoms in total. The first-order valence-corrected chi connectivity index (χ1v) is 6.54. The van der Waals surface area contributed by atoms with Gasteiger partial charge in [0.05, 0.1) is 0 Å². The van der Waals surface area contributed by atoms with Crippen LogP contribution in [0.3, 0.4) is 0 Å². The second-order valence-electron chi connectivity index (χ2n) is 5.13. The van der Waals surface area contributed by atoms with Gasteiger partial charge in [0, 0.05) is 12.6 Å². The molecule has 0 unspecified atom stereocenters. The third kappa shape index (κ3) is 3.44. The van der Waals surface area contributed by atoms with Crippen LogP contribution < -0.4 is 5.32 Å². The number of hydrogen-bond donors (Lipinski definition) is 1. The average Bonchev–Trinajstić information content (AvgIpc) is 2.36. The number of nitrogens with one attached hydrogen (secondary N) is 1. The molecule has 0 aliphatic heterocycles. The van der Waals surface area contributed by atoms with Gasteiger partial charge in [0.2, 0.25) is 0 Å². The van der Waals surface area contributed by atoms with Crippen molar-refractivity contribution in [3.63, 3.8) is 0 Å². The van der Waals surface area contributed by atoms with Crippen molar-refractivity contribution < 1.29 is 0 Å². The van der Waals surface area contributed by atoms with Gasteiger partial charge < -0.3 is 5.32 Å². The Morgan fingerprint density at radius 2 is 1.83 bits per heavy atom. The molecule has 2 aromatic carbocycles. The zero-order chi connectivity index (χ0) is 13.0. The van der Waals surface area contributed by atoms with E-state index in [1.54, 1.807) is 0 Å². The highest BCUT2D eigenvalue weighted by atomic mass is 14.9. The van der Waals surface area contributed by atoms with E-state index in [2.05, 4.69) is 74.6 Å². The molecular formula is C17H21N. The molecule has 0 radical (unpaired) electrons. The fourth-order valence-corrected chi connectivity index (χ4v) is 2.00. The minimum absolute atomic E-state index is 0.532. The van der Waals surface area contributed by atoms with Crippen LogP contribution in [-0.4, -0.2) is 12.6 Å². The Hall–Kier alpha value is -1.60. The Bertz CT molecular complexity index is 552. The molecule has 0 saturated carbocycles. The quantitative estimate of drug-likeness (QED) is 0.841. The first-order valence-electron chi connectivity index (χ1n) is 6.54. The zero-order valence-corrected chi connectivity index (χ0v) is 11.4. The number of benzene rings is 2. The van der Waals surface area contributed by atoms with E-state index in [0.29, 0.717) is 6.04 Å². The van der Waals surface area contributed by atoms with Gasteiger partial charge >= 0.3 is 0 Å². The van der Waals surface area contributed by atoms with Crippen molar-refractivity contribution in [1.82, 2.24) is 5.32 Å². The van der Waals surface area contributed by atoms with Crippen LogP contribution in [0.15, 0.2) is 48.0 Å². The Balaban J connectivity index is 2.18. The van der Waals surface area contributed by atoms with Gasteiger partial charge in [-0.25, -0.2) is 0 Å². The van der Waals surface area contributed by atoms with Gasteiger partial charge in [-0.2, -0.15) is 0 Å². The number of rotatable bonds is 4. The normalized spacial score (nSPS) is 12.3. The maximum atomic E-state index is 3.43. The summed E-state index contributed by atoms with van der Waals surface area (Å²) in [7, 11) is 0. The maximum Gasteiger partial charge on any atom is 0.0167 e. The van der Waals surface area contributed by atoms with Crippen molar-refractivity contribution in [2.45, 2.75) is 26.8 Å². The van der Waals surface area contributed by atoms with Gasteiger partial charge in [0.15, 0.2) is 0 Å². The fraction of sp³-hybridized carbons (Fsp3) is 0.294. The molecule has 0 saturated heterocycles. The molecule has 0 aliphatic rings. The van der Waals surface area contributed by atoms with E-state index in [0.717, 1.165) is 6.54 Å². The Labute approximate surface area is 110 Å². The highest BCUT2D eigenvalue weighted by Crippen LogP contribution is 2.17. The lowest BCUT2D eigenvalue weighted by molar-refractivity contribution is 0.623. The summed E-state index contributed by atoms with van der Waals surface area (Å²) in [4.78, 5) is 0. The average molecular weight is 239 g/mol. The van der Waals surface area contributed by atoms with Crippen LogP contribution >= 0.6 is 0 Å². The second kappa shape index (κ2) is 5.83. The van der Waals surface area contributed by atoms with Crippen molar-refractivity contribution in [3.05, 3.63) is 53.6 Å². The van der Waals surface area contributed by atoms with E-state index >= 15 is 0 Å². The monoisotopic (exact) mass is 239 g/mol. The molecule has 94 valence electrons. The van der Waals surface area contributed by atoms with Gasteiger partial charge in [-0.3, -0.25) is 0 Å². The predicted octanol–water partition coefficient (Wildman–Crippen LogP) is 4.24. The third-order valence-electron chi connectivity index (χ3n) is 2.98. The van der Waals surface area contributed by atoms with E-state index < -0.39 is 0 Å². The maximum absolute atomic E-state index is 3.43. The molecule has 0 heterocycles. The Kier molecular flexibility index (Phi) is 4.16. The Morgan fingerprint density at radius 3 is 2.56 bits per heavy atom. The van der Waals surface area contributed by atoms with Crippen LogP contribution in [0.5, 0.6) is 0 Å². The zero-order valence-electron chi connectivity index (χ0n) is 11.4. The van der Waals surface area contributed by atoms with Crippen molar-refractivity contribution >= 4 is 16.8 Å². The lowest BCUT2D eigenvalue weighted by Crippen LogP contribution is -2.24. The summed E-state index contributed by atoms with van der Waals surface area (Å²) in [6.07, 6.45) is 2.25. The van der Waals surface area contributed by atoms with Gasteiger partial charge in [0.25, 0.3) is 0 Å². The van der Waals surface area contributed by atoms with Crippen LogP contribution in [0.25, 0.3) is 16.8 Å². The van der Waals surface area contributed by atoms with E-state index in [1.807, 2.05) is 0 Å². The van der Waals surface area contributed by atoms with E-state index in [-0.39, 0.29) is 0 Å². The summed E-state index contributed by atoms with van der Waals surface area (Å²) in [5, 5.41) is 6.03. The summed E-state index contributed by atoms with van der Waals surface area (Å²) < 4.78 is 0. The summed E-state index contributed by atoms with van der Waals surface area (Å²) >= 11 is 0. The molecule has 1 heteroatoms. The van der Waals surface area contributed by atoms with Crippen LogP contribution in [0.2, 0.25) is 0 Å². The molecule has 0 aliphatic carbocycles. The minimum atomic E-state index is 0.532. The number of fused-ring (bicyclic) bond motifs is 1. The third-order valence-corrected chi connectivity index (χ3v) is 2.98. The number of hydrogen-bond acceptors (Lipinski definition) is 1. The van der Waals surface area contributed by atoms with Gasteiger partial charge in [-0.05, 0) is 29.3 Å². The highest BCUT2D eigenvalue weighted by Gasteiger charge is 1.96. The SMILES string of the molecule is CC(=Cc1ccc2ccccc2c1)CNC(C)C. The first kappa shape index (κ1) is 12.8. The first-order chi connectivity index (χ1) is 8.65. The molecule has 2 aromatic rings. The largest absolute Gasteiger partial charge is 0.311 e. The van der Waals surface area contributed by atoms with Gasteiger partial charge in [-0.1, -0.05) is 61.9 Å². The molecule has 0 bridgehead atoms. The smallest absolute Gasteiger partial charge is 0.0167 e. The highest BCUT2D eigenvalue weighted by molar-refractivity contribution is 5.84. The van der Waals surface area contributed by atoms with Crippen molar-refractivity contribution in [3.8, 4) is 0 Å². The topological polar surface area (TPSA) is 12.0 Å². The van der Waals surface area contributed by atoms with Gasteiger partial charge in [-0.15, -0.1) is 0 Å². The fourth-order valence-electron chi connectivity index (χ4n) is 2.00. The second-order valence-corrected chi connectivity index (χ2v) is 5.13. The predicted molar refractivity (Wildman–Crippen MR) is 80.7 cm³/mol. The minimum Gasteiger partial charge on any atom is -0.311 e. The molecule has 0 atom stereocenters. The van der Waals surface area contributed by atoms with E-state index in [4.69, 9.17) is 0 Å². The summed E-state index contributed by atoms with van der Waals surface area (Å²) in [5.74, 6) is 0. The van der Waals surface area contributed by atoms with Crippen molar-refractivity contribution in [1.29, 1.82) is 0 Å². The lowest BCUT2D eigenvalue weighted by atomic mass is 10.1. The Morgan fingerprint density at radius 1 is 1.11 bits per heavy atom. The van der Waals surface area contributed by atoms with Crippen LogP contribution in [0.4, 0.5) is 0 Å². The molecule has 2 rings (SSSR count).